The Bertz CT molecular complexity index is 452. The first-order valence-electron chi connectivity index (χ1n) is 6.69. The molecule has 2 N–H and O–H groups in total. The number of hydrazine groups is 1. The number of hydrogen-bond donors (Lipinski definition) is 2. The third-order valence-corrected chi connectivity index (χ3v) is 2.82. The second kappa shape index (κ2) is 8.85. The smallest absolute Gasteiger partial charge is 0.276 e. The normalized spacial score (nSPS) is 9.55. The molecule has 5 nitrogen and oxygen atoms in total. The molecule has 1 rings (SSSR count). The van der Waals surface area contributed by atoms with Crippen LogP contribution in [0, 0.1) is 0 Å². The Balaban J connectivity index is 2.38. The third kappa shape index (κ3) is 5.22. The van der Waals surface area contributed by atoms with Crippen LogP contribution in [0.4, 0.5) is 0 Å². The molecule has 0 aliphatic rings. The number of carbonyl (C=O) groups excluding carboxylic acids is 1. The van der Waals surface area contributed by atoms with E-state index in [0.717, 1.165) is 12.8 Å². The van der Waals surface area contributed by atoms with Gasteiger partial charge < -0.3 is 14.9 Å². The van der Waals surface area contributed by atoms with Gasteiger partial charge in [0.15, 0.2) is 18.1 Å². The second-order valence-electron chi connectivity index (χ2n) is 4.14. The van der Waals surface area contributed by atoms with Gasteiger partial charge in [-0.05, 0) is 25.0 Å². The van der Waals surface area contributed by atoms with Crippen molar-refractivity contribution in [3.8, 4) is 11.5 Å². The molecule has 0 fully saturated rings. The summed E-state index contributed by atoms with van der Waals surface area (Å²) in [5.74, 6) is 0.898. The summed E-state index contributed by atoms with van der Waals surface area (Å²) in [7, 11) is 1.56. The molecule has 1 amide bonds. The van der Waals surface area contributed by atoms with Gasteiger partial charge in [-0.3, -0.25) is 10.2 Å². The Morgan fingerprint density at radius 3 is 2.45 bits per heavy atom. The average molecular weight is 278 g/mol. The number of allylic oxidation sites excluding steroid dienone is 1. The molecule has 0 saturated carbocycles. The highest BCUT2D eigenvalue weighted by Crippen LogP contribution is 2.25. The SMILES string of the molecule is CCC(=CNNC(=O)COc1ccccc1OC)CC. The summed E-state index contributed by atoms with van der Waals surface area (Å²) in [5.41, 5.74) is 6.57. The molecule has 0 radical (unpaired) electrons. The van der Waals surface area contributed by atoms with E-state index < -0.39 is 0 Å². The number of para-hydroxylation sites is 2. The summed E-state index contributed by atoms with van der Waals surface area (Å²) < 4.78 is 10.5. The van der Waals surface area contributed by atoms with Crippen molar-refractivity contribution in [2.45, 2.75) is 26.7 Å². The topological polar surface area (TPSA) is 59.6 Å². The van der Waals surface area contributed by atoms with Crippen molar-refractivity contribution in [2.75, 3.05) is 13.7 Å². The first kappa shape index (κ1) is 15.9. The minimum Gasteiger partial charge on any atom is -0.493 e. The van der Waals surface area contributed by atoms with Crippen LogP contribution < -0.4 is 20.3 Å². The predicted molar refractivity (Wildman–Crippen MR) is 78.4 cm³/mol. The molecule has 110 valence electrons. The van der Waals surface area contributed by atoms with E-state index in [-0.39, 0.29) is 12.5 Å². The Hall–Kier alpha value is -2.17. The average Bonchev–Trinajstić information content (AvgIpc) is 2.49. The molecule has 1 aromatic rings. The van der Waals surface area contributed by atoms with E-state index in [9.17, 15) is 4.79 Å². The predicted octanol–water partition coefficient (Wildman–Crippen LogP) is 2.40. The molecule has 0 heterocycles. The largest absolute Gasteiger partial charge is 0.493 e. The van der Waals surface area contributed by atoms with Gasteiger partial charge in [-0.1, -0.05) is 31.6 Å². The number of hydrogen-bond acceptors (Lipinski definition) is 4. The molecule has 0 aliphatic carbocycles. The molecule has 0 bridgehead atoms. The molecular formula is C15H22N2O3. The minimum atomic E-state index is -0.251. The number of amides is 1. The van der Waals surface area contributed by atoms with Crippen LogP contribution in [0.2, 0.25) is 0 Å². The second-order valence-corrected chi connectivity index (χ2v) is 4.14. The Kier molecular flexibility index (Phi) is 7.03. The van der Waals surface area contributed by atoms with E-state index in [0.29, 0.717) is 11.5 Å². The number of carbonyl (C=O) groups is 1. The zero-order valence-electron chi connectivity index (χ0n) is 12.2. The van der Waals surface area contributed by atoms with Crippen molar-refractivity contribution in [1.82, 2.24) is 10.9 Å². The molecule has 5 heteroatoms. The number of rotatable bonds is 8. The van der Waals surface area contributed by atoms with E-state index in [1.807, 2.05) is 12.1 Å². The summed E-state index contributed by atoms with van der Waals surface area (Å²) in [4.78, 5) is 11.6. The molecule has 0 aromatic heterocycles. The van der Waals surface area contributed by atoms with Gasteiger partial charge in [0.25, 0.3) is 5.91 Å². The maximum absolute atomic E-state index is 11.6. The van der Waals surface area contributed by atoms with Crippen LogP contribution in [0.15, 0.2) is 36.0 Å². The first-order chi connectivity index (χ1) is 9.71. The van der Waals surface area contributed by atoms with E-state index in [4.69, 9.17) is 9.47 Å². The van der Waals surface area contributed by atoms with Gasteiger partial charge in [0, 0.05) is 6.20 Å². The Morgan fingerprint density at radius 1 is 1.20 bits per heavy atom. The molecule has 0 aliphatic heterocycles. The lowest BCUT2D eigenvalue weighted by molar-refractivity contribution is -0.123. The van der Waals surface area contributed by atoms with Crippen LogP contribution in [0.3, 0.4) is 0 Å². The van der Waals surface area contributed by atoms with Crippen LogP contribution >= 0.6 is 0 Å². The van der Waals surface area contributed by atoms with Crippen molar-refractivity contribution < 1.29 is 14.3 Å². The molecule has 0 atom stereocenters. The summed E-state index contributed by atoms with van der Waals surface area (Å²) in [6, 6.07) is 7.20. The molecule has 0 unspecified atom stereocenters. The van der Waals surface area contributed by atoms with Crippen molar-refractivity contribution in [2.24, 2.45) is 0 Å². The Labute approximate surface area is 119 Å². The van der Waals surface area contributed by atoms with Gasteiger partial charge >= 0.3 is 0 Å². The highest BCUT2D eigenvalue weighted by atomic mass is 16.5. The van der Waals surface area contributed by atoms with Crippen molar-refractivity contribution in [3.63, 3.8) is 0 Å². The lowest BCUT2D eigenvalue weighted by Gasteiger charge is -2.10. The maximum Gasteiger partial charge on any atom is 0.276 e. The van der Waals surface area contributed by atoms with E-state index in [1.165, 1.54) is 5.57 Å². The van der Waals surface area contributed by atoms with Crippen LogP contribution in [-0.2, 0) is 4.79 Å². The molecule has 20 heavy (non-hydrogen) atoms. The maximum atomic E-state index is 11.6. The molecule has 0 saturated heterocycles. The molecule has 1 aromatic carbocycles. The lowest BCUT2D eigenvalue weighted by atomic mass is 10.2. The van der Waals surface area contributed by atoms with Gasteiger partial charge in [-0.2, -0.15) is 0 Å². The lowest BCUT2D eigenvalue weighted by Crippen LogP contribution is -2.37. The van der Waals surface area contributed by atoms with Crippen molar-refractivity contribution >= 4 is 5.91 Å². The standard InChI is InChI=1S/C15H22N2O3/c1-4-12(5-2)10-16-17-15(18)11-20-14-9-7-6-8-13(14)19-3/h6-10,16H,4-5,11H2,1-3H3,(H,17,18). The molecule has 0 spiro atoms. The van der Waals surface area contributed by atoms with Gasteiger partial charge in [-0.15, -0.1) is 0 Å². The van der Waals surface area contributed by atoms with Crippen LogP contribution in [0.5, 0.6) is 11.5 Å². The number of benzene rings is 1. The molecular weight excluding hydrogens is 256 g/mol. The number of nitrogens with one attached hydrogen (secondary N) is 2. The first-order valence-corrected chi connectivity index (χ1v) is 6.69. The summed E-state index contributed by atoms with van der Waals surface area (Å²) in [5, 5.41) is 0. The third-order valence-electron chi connectivity index (χ3n) is 2.82. The van der Waals surface area contributed by atoms with Crippen LogP contribution in [0.1, 0.15) is 26.7 Å². The number of ether oxygens (including phenoxy) is 2. The van der Waals surface area contributed by atoms with Gasteiger partial charge in [0.05, 0.1) is 7.11 Å². The fourth-order valence-electron chi connectivity index (χ4n) is 1.59. The van der Waals surface area contributed by atoms with Gasteiger partial charge in [-0.25, -0.2) is 0 Å². The zero-order chi connectivity index (χ0) is 14.8. The Morgan fingerprint density at radius 2 is 1.85 bits per heavy atom. The fourth-order valence-corrected chi connectivity index (χ4v) is 1.59. The zero-order valence-corrected chi connectivity index (χ0v) is 12.2. The van der Waals surface area contributed by atoms with E-state index in [1.54, 1.807) is 25.4 Å². The van der Waals surface area contributed by atoms with E-state index in [2.05, 4.69) is 24.7 Å². The van der Waals surface area contributed by atoms with Crippen molar-refractivity contribution in [3.05, 3.63) is 36.0 Å². The van der Waals surface area contributed by atoms with Crippen LogP contribution in [-0.4, -0.2) is 19.6 Å². The quantitative estimate of drug-likeness (QED) is 0.717. The summed E-state index contributed by atoms with van der Waals surface area (Å²) >= 11 is 0. The number of methoxy groups -OCH3 is 1. The van der Waals surface area contributed by atoms with E-state index >= 15 is 0 Å². The van der Waals surface area contributed by atoms with Crippen LogP contribution in [0.25, 0.3) is 0 Å². The summed E-state index contributed by atoms with van der Waals surface area (Å²) in [6.45, 7) is 4.07. The van der Waals surface area contributed by atoms with Gasteiger partial charge in [0.2, 0.25) is 0 Å². The highest BCUT2D eigenvalue weighted by molar-refractivity contribution is 5.77. The summed E-state index contributed by atoms with van der Waals surface area (Å²) in [6.07, 6.45) is 3.72. The fraction of sp³-hybridized carbons (Fsp3) is 0.400. The monoisotopic (exact) mass is 278 g/mol. The van der Waals surface area contributed by atoms with Gasteiger partial charge in [0.1, 0.15) is 0 Å². The minimum absolute atomic E-state index is 0.0746. The van der Waals surface area contributed by atoms with Crippen molar-refractivity contribution in [1.29, 1.82) is 0 Å². The highest BCUT2D eigenvalue weighted by Gasteiger charge is 2.05.